The van der Waals surface area contributed by atoms with Crippen LogP contribution in [0.3, 0.4) is 0 Å². The average Bonchev–Trinajstić information content (AvgIpc) is 3.46. The maximum absolute atomic E-state index is 12.3. The minimum Gasteiger partial charge on any atom is -0.444 e. The number of H-pyrrole nitrogens is 1. The molecular formula is C23H35N7O2. The van der Waals surface area contributed by atoms with E-state index in [1.807, 2.05) is 26.8 Å². The van der Waals surface area contributed by atoms with Crippen molar-refractivity contribution in [3.63, 3.8) is 0 Å². The fourth-order valence-corrected chi connectivity index (χ4v) is 4.12. The van der Waals surface area contributed by atoms with Crippen molar-refractivity contribution in [2.24, 2.45) is 5.92 Å². The molecular weight excluding hydrogens is 406 g/mol. The number of piperidine rings is 1. The van der Waals surface area contributed by atoms with Gasteiger partial charge in [0.2, 0.25) is 5.95 Å². The topological polar surface area (TPSA) is 108 Å². The van der Waals surface area contributed by atoms with Gasteiger partial charge in [0.25, 0.3) is 0 Å². The SMILES string of the molecule is CC(C)(C)OC(=O)NC(C)(C)C1CCCN(c2nccc(Nc3cc(C4CC4)[nH]n3)n2)C1. The Morgan fingerprint density at radius 1 is 1.19 bits per heavy atom. The Morgan fingerprint density at radius 2 is 1.97 bits per heavy atom. The van der Waals surface area contributed by atoms with Gasteiger partial charge in [-0.1, -0.05) is 0 Å². The first-order valence-electron chi connectivity index (χ1n) is 11.5. The van der Waals surface area contributed by atoms with Crippen LogP contribution in [0.2, 0.25) is 0 Å². The number of rotatable bonds is 6. The lowest BCUT2D eigenvalue weighted by atomic mass is 9.81. The van der Waals surface area contributed by atoms with Crippen LogP contribution in [0.4, 0.5) is 22.4 Å². The number of aromatic nitrogens is 4. The van der Waals surface area contributed by atoms with E-state index in [0.717, 1.165) is 37.6 Å². The predicted octanol–water partition coefficient (Wildman–Crippen LogP) is 4.34. The van der Waals surface area contributed by atoms with Crippen molar-refractivity contribution < 1.29 is 9.53 Å². The average molecular weight is 442 g/mol. The molecule has 0 aromatic carbocycles. The van der Waals surface area contributed by atoms with Gasteiger partial charge in [-0.3, -0.25) is 5.10 Å². The quantitative estimate of drug-likeness (QED) is 0.612. The van der Waals surface area contributed by atoms with Crippen molar-refractivity contribution in [2.45, 2.75) is 77.4 Å². The molecule has 3 N–H and O–H groups in total. The number of nitrogens with one attached hydrogen (secondary N) is 3. The highest BCUT2D eigenvalue weighted by Crippen LogP contribution is 2.39. The number of ether oxygens (including phenoxy) is 1. The first kappa shape index (κ1) is 22.4. The van der Waals surface area contributed by atoms with E-state index >= 15 is 0 Å². The first-order chi connectivity index (χ1) is 15.1. The van der Waals surface area contributed by atoms with Gasteiger partial charge in [-0.25, -0.2) is 9.78 Å². The normalized spacial score (nSPS) is 19.5. The number of anilines is 3. The van der Waals surface area contributed by atoms with E-state index in [9.17, 15) is 4.79 Å². The summed E-state index contributed by atoms with van der Waals surface area (Å²) < 4.78 is 5.46. The standard InChI is InChI=1S/C23H35N7O2/c1-22(2,3)32-21(31)27-23(4,5)16-7-6-12-30(14-16)20-24-11-10-18(26-20)25-19-13-17(28-29-19)15-8-9-15/h10-11,13,15-16H,6-9,12,14H2,1-5H3,(H,27,31)(H2,24,25,26,28,29). The predicted molar refractivity (Wildman–Crippen MR) is 124 cm³/mol. The second kappa shape index (κ2) is 8.60. The van der Waals surface area contributed by atoms with E-state index in [2.05, 4.69) is 50.6 Å². The van der Waals surface area contributed by atoms with E-state index in [4.69, 9.17) is 9.72 Å². The van der Waals surface area contributed by atoms with Gasteiger partial charge >= 0.3 is 6.09 Å². The molecule has 0 spiro atoms. The smallest absolute Gasteiger partial charge is 0.408 e. The summed E-state index contributed by atoms with van der Waals surface area (Å²) >= 11 is 0. The number of carbonyl (C=O) groups is 1. The Bertz CT molecular complexity index is 946. The number of nitrogens with zero attached hydrogens (tertiary/aromatic N) is 4. The summed E-state index contributed by atoms with van der Waals surface area (Å²) in [5.74, 6) is 3.05. The summed E-state index contributed by atoms with van der Waals surface area (Å²) in [5, 5.41) is 13.8. The summed E-state index contributed by atoms with van der Waals surface area (Å²) in [5.41, 5.74) is 0.249. The van der Waals surface area contributed by atoms with Crippen LogP contribution in [0, 0.1) is 5.92 Å². The highest BCUT2D eigenvalue weighted by Gasteiger charge is 2.36. The molecule has 1 saturated heterocycles. The maximum Gasteiger partial charge on any atom is 0.408 e. The van der Waals surface area contributed by atoms with Crippen LogP contribution in [-0.2, 0) is 4.74 Å². The molecule has 1 saturated carbocycles. The molecule has 4 rings (SSSR count). The third-order valence-corrected chi connectivity index (χ3v) is 6.06. The van der Waals surface area contributed by atoms with Crippen molar-refractivity contribution in [3.8, 4) is 0 Å². The van der Waals surface area contributed by atoms with Crippen LogP contribution in [0.5, 0.6) is 0 Å². The summed E-state index contributed by atoms with van der Waals surface area (Å²) in [6.45, 7) is 11.4. The fraction of sp³-hybridized carbons (Fsp3) is 0.652. The molecule has 1 amide bonds. The summed E-state index contributed by atoms with van der Waals surface area (Å²) in [6, 6.07) is 3.91. The van der Waals surface area contributed by atoms with E-state index in [1.165, 1.54) is 18.5 Å². The largest absolute Gasteiger partial charge is 0.444 e. The molecule has 0 radical (unpaired) electrons. The summed E-state index contributed by atoms with van der Waals surface area (Å²) in [4.78, 5) is 23.8. The number of alkyl carbamates (subject to hydrolysis) is 1. The molecule has 1 aliphatic heterocycles. The third-order valence-electron chi connectivity index (χ3n) is 6.06. The van der Waals surface area contributed by atoms with Gasteiger partial charge in [-0.05, 0) is 72.3 Å². The minimum atomic E-state index is -0.520. The number of amides is 1. The van der Waals surface area contributed by atoms with Crippen molar-refractivity contribution in [1.82, 2.24) is 25.5 Å². The molecule has 2 fully saturated rings. The summed E-state index contributed by atoms with van der Waals surface area (Å²) in [6.07, 6.45) is 5.88. The number of aromatic amines is 1. The molecule has 9 heteroatoms. The third kappa shape index (κ3) is 5.69. The molecule has 32 heavy (non-hydrogen) atoms. The molecule has 3 heterocycles. The molecule has 1 unspecified atom stereocenters. The molecule has 9 nitrogen and oxygen atoms in total. The van der Waals surface area contributed by atoms with E-state index in [1.54, 1.807) is 6.20 Å². The van der Waals surface area contributed by atoms with E-state index in [-0.39, 0.29) is 12.0 Å². The van der Waals surface area contributed by atoms with Crippen molar-refractivity contribution >= 4 is 23.7 Å². The van der Waals surface area contributed by atoms with Crippen molar-refractivity contribution in [2.75, 3.05) is 23.3 Å². The Balaban J connectivity index is 1.40. The highest BCUT2D eigenvalue weighted by molar-refractivity contribution is 5.68. The number of hydrogen-bond donors (Lipinski definition) is 3. The van der Waals surface area contributed by atoms with E-state index < -0.39 is 11.1 Å². The van der Waals surface area contributed by atoms with Gasteiger partial charge in [-0.15, -0.1) is 0 Å². The number of carbonyl (C=O) groups excluding carboxylic acids is 1. The molecule has 174 valence electrons. The number of hydrogen-bond acceptors (Lipinski definition) is 7. The Hall–Kier alpha value is -2.84. The zero-order chi connectivity index (χ0) is 22.9. The van der Waals surface area contributed by atoms with Crippen LogP contribution in [-0.4, -0.2) is 50.5 Å². The fourth-order valence-electron chi connectivity index (χ4n) is 4.12. The minimum absolute atomic E-state index is 0.247. The molecule has 1 aliphatic carbocycles. The van der Waals surface area contributed by atoms with Crippen molar-refractivity contribution in [3.05, 3.63) is 24.0 Å². The van der Waals surface area contributed by atoms with Gasteiger partial charge in [0.1, 0.15) is 11.4 Å². The Kier molecular flexibility index (Phi) is 6.01. The zero-order valence-electron chi connectivity index (χ0n) is 19.7. The first-order valence-corrected chi connectivity index (χ1v) is 11.5. The molecule has 1 atom stereocenters. The Labute approximate surface area is 189 Å². The highest BCUT2D eigenvalue weighted by atomic mass is 16.6. The lowest BCUT2D eigenvalue weighted by Crippen LogP contribution is -2.55. The maximum atomic E-state index is 12.3. The van der Waals surface area contributed by atoms with Gasteiger partial charge in [0.15, 0.2) is 5.82 Å². The monoisotopic (exact) mass is 441 g/mol. The second-order valence-electron chi connectivity index (χ2n) is 10.5. The summed E-state index contributed by atoms with van der Waals surface area (Å²) in [7, 11) is 0. The molecule has 2 aromatic rings. The Morgan fingerprint density at radius 3 is 2.69 bits per heavy atom. The van der Waals surface area contributed by atoms with Crippen LogP contribution < -0.4 is 15.5 Å². The zero-order valence-corrected chi connectivity index (χ0v) is 19.7. The molecule has 0 bridgehead atoms. The van der Waals surface area contributed by atoms with Gasteiger partial charge in [0.05, 0.1) is 0 Å². The van der Waals surface area contributed by atoms with Gasteiger partial charge in [0, 0.05) is 42.5 Å². The van der Waals surface area contributed by atoms with Gasteiger partial charge < -0.3 is 20.3 Å². The van der Waals surface area contributed by atoms with Crippen LogP contribution >= 0.6 is 0 Å². The van der Waals surface area contributed by atoms with E-state index in [0.29, 0.717) is 11.9 Å². The van der Waals surface area contributed by atoms with Gasteiger partial charge in [-0.2, -0.15) is 10.1 Å². The lowest BCUT2D eigenvalue weighted by Gasteiger charge is -2.42. The second-order valence-corrected chi connectivity index (χ2v) is 10.5. The van der Waals surface area contributed by atoms with Crippen LogP contribution in [0.1, 0.15) is 71.9 Å². The van der Waals surface area contributed by atoms with Crippen LogP contribution in [0.15, 0.2) is 18.3 Å². The van der Waals surface area contributed by atoms with Crippen molar-refractivity contribution in [1.29, 1.82) is 0 Å². The molecule has 2 aromatic heterocycles. The molecule has 2 aliphatic rings. The van der Waals surface area contributed by atoms with Crippen LogP contribution in [0.25, 0.3) is 0 Å². The lowest BCUT2D eigenvalue weighted by molar-refractivity contribution is 0.0428.